The van der Waals surface area contributed by atoms with Gasteiger partial charge in [0, 0.05) is 54.9 Å². The Morgan fingerprint density at radius 3 is 1.55 bits per heavy atom. The van der Waals surface area contributed by atoms with Crippen LogP contribution in [0.5, 0.6) is 0 Å². The van der Waals surface area contributed by atoms with Gasteiger partial charge in [0.15, 0.2) is 5.82 Å². The molecule has 5 heteroatoms. The molecule has 0 fully saturated rings. The first-order valence-corrected chi connectivity index (χ1v) is 21.3. The Kier molecular flexibility index (Phi) is 6.37. The summed E-state index contributed by atoms with van der Waals surface area (Å²) in [6.45, 7) is 4.87. The van der Waals surface area contributed by atoms with Crippen LogP contribution in [0, 0.1) is 0 Å². The van der Waals surface area contributed by atoms with E-state index in [1.807, 2.05) is 0 Å². The Balaban J connectivity index is 1.17. The van der Waals surface area contributed by atoms with Gasteiger partial charge in [0.05, 0.1) is 27.8 Å². The van der Waals surface area contributed by atoms with Gasteiger partial charge in [-0.1, -0.05) is 116 Å². The Morgan fingerprint density at radius 2 is 0.925 bits per heavy atom. The minimum absolute atomic E-state index is 0.775. The summed E-state index contributed by atoms with van der Waals surface area (Å²) in [7, 11) is -2.14. The van der Waals surface area contributed by atoms with Crippen LogP contribution in [0.2, 0.25) is 13.1 Å². The molecule has 0 N–H and O–H groups in total. The van der Waals surface area contributed by atoms with E-state index in [4.69, 9.17) is 9.97 Å². The van der Waals surface area contributed by atoms with Crippen molar-refractivity contribution >= 4 is 62.2 Å². The third-order valence-electron chi connectivity index (χ3n) is 11.3. The summed E-state index contributed by atoms with van der Waals surface area (Å²) in [6, 6.07) is 61.3. The summed E-state index contributed by atoms with van der Waals surface area (Å²) in [5, 5.41) is 7.49. The number of fused-ring (bicyclic) bond motifs is 9. The molecule has 10 aromatic rings. The first-order valence-electron chi connectivity index (χ1n) is 18.3. The zero-order chi connectivity index (χ0) is 35.3. The second-order valence-corrected chi connectivity index (χ2v) is 18.9. The predicted octanol–water partition coefficient (Wildman–Crippen LogP) is 10.8. The molecule has 0 saturated carbocycles. The Labute approximate surface area is 308 Å². The van der Waals surface area contributed by atoms with Crippen LogP contribution in [0.15, 0.2) is 170 Å². The van der Waals surface area contributed by atoms with Gasteiger partial charge in [0.2, 0.25) is 0 Å². The van der Waals surface area contributed by atoms with Crippen LogP contribution >= 0.6 is 0 Å². The highest BCUT2D eigenvalue weighted by molar-refractivity contribution is 7.03. The third kappa shape index (κ3) is 4.35. The molecule has 53 heavy (non-hydrogen) atoms. The Hall–Kier alpha value is -6.56. The monoisotopic (exact) mass is 694 g/mol. The highest BCUT2D eigenvalue weighted by Gasteiger charge is 2.41. The summed E-state index contributed by atoms with van der Waals surface area (Å²) < 4.78 is 4.73. The van der Waals surface area contributed by atoms with Gasteiger partial charge in [-0.3, -0.25) is 0 Å². The summed E-state index contributed by atoms with van der Waals surface area (Å²) in [4.78, 5) is 11.1. The first-order chi connectivity index (χ1) is 26.1. The van der Waals surface area contributed by atoms with Crippen LogP contribution in [-0.4, -0.2) is 27.2 Å². The normalized spacial score (nSPS) is 13.2. The van der Waals surface area contributed by atoms with Crippen molar-refractivity contribution in [2.75, 3.05) is 0 Å². The van der Waals surface area contributed by atoms with Gasteiger partial charge in [-0.15, -0.1) is 0 Å². The maximum atomic E-state index is 5.55. The van der Waals surface area contributed by atoms with E-state index < -0.39 is 8.07 Å². The number of benzene rings is 7. The van der Waals surface area contributed by atoms with Gasteiger partial charge >= 0.3 is 0 Å². The van der Waals surface area contributed by atoms with E-state index in [2.05, 4.69) is 192 Å². The van der Waals surface area contributed by atoms with Crippen molar-refractivity contribution in [3.05, 3.63) is 170 Å². The summed E-state index contributed by atoms with van der Waals surface area (Å²) in [5.41, 5.74) is 12.6. The van der Waals surface area contributed by atoms with Crippen molar-refractivity contribution in [3.8, 4) is 45.1 Å². The molecule has 0 saturated heterocycles. The predicted molar refractivity (Wildman–Crippen MR) is 224 cm³/mol. The molecular formula is C48H34N4Si. The molecule has 11 rings (SSSR count). The van der Waals surface area contributed by atoms with E-state index >= 15 is 0 Å². The molecule has 0 radical (unpaired) electrons. The molecule has 3 aromatic heterocycles. The topological polar surface area (TPSA) is 35.6 Å². The van der Waals surface area contributed by atoms with Crippen molar-refractivity contribution in [2.24, 2.45) is 0 Å². The number of aromatic nitrogens is 4. The molecule has 1 aliphatic heterocycles. The minimum atomic E-state index is -2.14. The lowest BCUT2D eigenvalue weighted by atomic mass is 9.99. The molecule has 250 valence electrons. The fourth-order valence-corrected chi connectivity index (χ4v) is 11.7. The van der Waals surface area contributed by atoms with E-state index in [9.17, 15) is 0 Å². The molecule has 4 nitrogen and oxygen atoms in total. The van der Waals surface area contributed by atoms with Crippen molar-refractivity contribution in [2.45, 2.75) is 13.1 Å². The molecular weight excluding hydrogens is 661 g/mol. The van der Waals surface area contributed by atoms with Crippen LogP contribution in [0.4, 0.5) is 0 Å². The fourth-order valence-electron chi connectivity index (χ4n) is 8.82. The zero-order valence-electron chi connectivity index (χ0n) is 29.5. The van der Waals surface area contributed by atoms with Crippen LogP contribution < -0.4 is 10.5 Å². The van der Waals surface area contributed by atoms with E-state index in [1.54, 1.807) is 0 Å². The lowest BCUT2D eigenvalue weighted by Gasteiger charge is -2.19. The molecule has 0 bridgehead atoms. The molecule has 0 aliphatic carbocycles. The standard InChI is InChI=1S/C48H34N4Si/c1-53(2)44-24-14-11-21-37(44)45-46(31-25-27-42-38(29-31)35-19-9-12-22-40(35)51(42)33-15-5-3-6-16-33)49-47(50-48(45)53)32-26-28-43-39(30-32)36-20-10-13-23-41(36)52(43)34-17-7-4-8-18-34/h3-30H,1-2H3. The Morgan fingerprint density at radius 1 is 0.434 bits per heavy atom. The van der Waals surface area contributed by atoms with Crippen LogP contribution in [0.3, 0.4) is 0 Å². The van der Waals surface area contributed by atoms with E-state index in [0.717, 1.165) is 34.0 Å². The molecule has 4 heterocycles. The van der Waals surface area contributed by atoms with Crippen LogP contribution in [0.25, 0.3) is 88.8 Å². The second-order valence-electron chi connectivity index (χ2n) is 14.6. The van der Waals surface area contributed by atoms with Gasteiger partial charge in [-0.05, 0) is 77.5 Å². The van der Waals surface area contributed by atoms with Crippen molar-refractivity contribution in [1.82, 2.24) is 19.1 Å². The number of rotatable bonds is 4. The number of para-hydroxylation sites is 4. The van der Waals surface area contributed by atoms with Gasteiger partial charge in [0.1, 0.15) is 8.07 Å². The molecule has 1 aliphatic rings. The van der Waals surface area contributed by atoms with E-state index in [0.29, 0.717) is 0 Å². The highest BCUT2D eigenvalue weighted by atomic mass is 28.3. The maximum Gasteiger partial charge on any atom is 0.159 e. The van der Waals surface area contributed by atoms with Gasteiger partial charge in [-0.2, -0.15) is 0 Å². The SMILES string of the molecule is C[Si]1(C)c2ccccc2-c2c(-c3ccc4c(c3)c3ccccc3n4-c3ccccc3)nc(-c3ccc4c(c3)c3ccccc3n4-c3ccccc3)nc21. The lowest BCUT2D eigenvalue weighted by molar-refractivity contribution is 1.18. The molecule has 0 unspecified atom stereocenters. The lowest BCUT2D eigenvalue weighted by Crippen LogP contribution is -2.50. The van der Waals surface area contributed by atoms with Gasteiger partial charge < -0.3 is 9.13 Å². The van der Waals surface area contributed by atoms with Crippen LogP contribution in [0.1, 0.15) is 0 Å². The highest BCUT2D eigenvalue weighted by Crippen LogP contribution is 2.41. The average Bonchev–Trinajstić information content (AvgIpc) is 3.81. The van der Waals surface area contributed by atoms with E-state index in [-0.39, 0.29) is 0 Å². The fraction of sp³-hybridized carbons (Fsp3) is 0.0417. The number of nitrogens with zero attached hydrogens (tertiary/aromatic N) is 4. The van der Waals surface area contributed by atoms with Crippen molar-refractivity contribution < 1.29 is 0 Å². The van der Waals surface area contributed by atoms with Gasteiger partial charge in [-0.25, -0.2) is 9.97 Å². The number of hydrogen-bond acceptors (Lipinski definition) is 2. The summed E-state index contributed by atoms with van der Waals surface area (Å²) >= 11 is 0. The molecule has 0 amide bonds. The third-order valence-corrected chi connectivity index (χ3v) is 14.6. The molecule has 0 atom stereocenters. The summed E-state index contributed by atoms with van der Waals surface area (Å²) in [5.74, 6) is 0.775. The Bertz CT molecular complexity index is 3080. The second kappa shape index (κ2) is 11.2. The molecule has 7 aromatic carbocycles. The quantitative estimate of drug-likeness (QED) is 0.172. The minimum Gasteiger partial charge on any atom is -0.309 e. The van der Waals surface area contributed by atoms with E-state index in [1.165, 1.54) is 65.2 Å². The smallest absolute Gasteiger partial charge is 0.159 e. The van der Waals surface area contributed by atoms with Gasteiger partial charge in [0.25, 0.3) is 0 Å². The largest absolute Gasteiger partial charge is 0.309 e. The number of hydrogen-bond donors (Lipinski definition) is 0. The van der Waals surface area contributed by atoms with Crippen LogP contribution in [-0.2, 0) is 0 Å². The average molecular weight is 695 g/mol. The van der Waals surface area contributed by atoms with Crippen molar-refractivity contribution in [1.29, 1.82) is 0 Å². The van der Waals surface area contributed by atoms with Crippen molar-refractivity contribution in [3.63, 3.8) is 0 Å². The first kappa shape index (κ1) is 30.1. The summed E-state index contributed by atoms with van der Waals surface area (Å²) in [6.07, 6.45) is 0. The maximum absolute atomic E-state index is 5.55. The molecule has 0 spiro atoms. The zero-order valence-corrected chi connectivity index (χ0v) is 30.5.